The van der Waals surface area contributed by atoms with Gasteiger partial charge in [-0.2, -0.15) is 5.26 Å². The second kappa shape index (κ2) is 5.02. The first-order valence-corrected chi connectivity index (χ1v) is 10.6. The van der Waals surface area contributed by atoms with Gasteiger partial charge in [-0.25, -0.2) is 0 Å². The maximum Gasteiger partial charge on any atom is 0.0728 e. The highest BCUT2D eigenvalue weighted by atomic mass is 16.3. The molecule has 0 aliphatic heterocycles. The van der Waals surface area contributed by atoms with Gasteiger partial charge in [0.1, 0.15) is 0 Å². The van der Waals surface area contributed by atoms with Crippen molar-refractivity contribution in [3.05, 3.63) is 0 Å². The molecule has 5 aliphatic rings. The number of fused-ring (bicyclic) bond motifs is 7. The summed E-state index contributed by atoms with van der Waals surface area (Å²) in [5.74, 6) is 3.65. The van der Waals surface area contributed by atoms with Gasteiger partial charge < -0.3 is 10.2 Å². The van der Waals surface area contributed by atoms with Crippen LogP contribution in [0.25, 0.3) is 0 Å². The lowest BCUT2D eigenvalue weighted by Crippen LogP contribution is -2.63. The minimum atomic E-state index is -0.675. The van der Waals surface area contributed by atoms with Crippen molar-refractivity contribution in [3.63, 3.8) is 0 Å². The Labute approximate surface area is 151 Å². The molecule has 3 heteroatoms. The third kappa shape index (κ3) is 1.84. The van der Waals surface area contributed by atoms with Gasteiger partial charge in [0.25, 0.3) is 0 Å². The summed E-state index contributed by atoms with van der Waals surface area (Å²) >= 11 is 0. The normalized spacial score (nSPS) is 62.6. The van der Waals surface area contributed by atoms with Gasteiger partial charge >= 0.3 is 0 Å². The molecule has 10 atom stereocenters. The Bertz CT molecular complexity index is 628. The Balaban J connectivity index is 1.52. The van der Waals surface area contributed by atoms with Gasteiger partial charge in [0.05, 0.1) is 23.7 Å². The summed E-state index contributed by atoms with van der Waals surface area (Å²) < 4.78 is 0. The summed E-state index contributed by atoms with van der Waals surface area (Å²) in [5, 5.41) is 31.5. The fourth-order valence-corrected chi connectivity index (χ4v) is 8.82. The molecule has 0 amide bonds. The molecular formula is C22H33NO2. The lowest BCUT2D eigenvalue weighted by atomic mass is 9.42. The van der Waals surface area contributed by atoms with Crippen LogP contribution in [-0.2, 0) is 0 Å². The van der Waals surface area contributed by atoms with Gasteiger partial charge in [-0.15, -0.1) is 0 Å². The first-order chi connectivity index (χ1) is 11.8. The van der Waals surface area contributed by atoms with Crippen molar-refractivity contribution in [2.75, 3.05) is 0 Å². The summed E-state index contributed by atoms with van der Waals surface area (Å²) in [6.45, 7) is 4.75. The highest BCUT2D eigenvalue weighted by Crippen LogP contribution is 2.73. The van der Waals surface area contributed by atoms with Crippen molar-refractivity contribution in [2.45, 2.75) is 83.3 Å². The minimum Gasteiger partial charge on any atom is -0.393 e. The van der Waals surface area contributed by atoms with E-state index in [9.17, 15) is 15.5 Å². The number of aliphatic hydroxyl groups excluding tert-OH is 1. The second-order valence-corrected chi connectivity index (χ2v) is 10.7. The van der Waals surface area contributed by atoms with E-state index in [4.69, 9.17) is 0 Å². The van der Waals surface area contributed by atoms with Crippen LogP contribution < -0.4 is 0 Å². The number of hydrogen-bond acceptors (Lipinski definition) is 3. The lowest BCUT2D eigenvalue weighted by Gasteiger charge is -2.64. The molecule has 25 heavy (non-hydrogen) atoms. The summed E-state index contributed by atoms with van der Waals surface area (Å²) in [7, 11) is 0. The van der Waals surface area contributed by atoms with Gasteiger partial charge in [-0.1, -0.05) is 13.8 Å². The molecule has 5 fully saturated rings. The van der Waals surface area contributed by atoms with E-state index in [1.165, 1.54) is 19.3 Å². The van der Waals surface area contributed by atoms with Crippen LogP contribution in [-0.4, -0.2) is 21.9 Å². The molecule has 0 saturated heterocycles. The Morgan fingerprint density at radius 3 is 2.36 bits per heavy atom. The average molecular weight is 344 g/mol. The monoisotopic (exact) mass is 343 g/mol. The smallest absolute Gasteiger partial charge is 0.0728 e. The molecule has 0 aromatic carbocycles. The average Bonchev–Trinajstić information content (AvgIpc) is 2.71. The molecule has 0 radical (unpaired) electrons. The zero-order valence-corrected chi connectivity index (χ0v) is 15.7. The van der Waals surface area contributed by atoms with E-state index in [1.807, 2.05) is 0 Å². The zero-order chi connectivity index (χ0) is 17.6. The number of hydrogen-bond donors (Lipinski definition) is 2. The lowest BCUT2D eigenvalue weighted by molar-refractivity contribution is -0.222. The van der Waals surface area contributed by atoms with Crippen LogP contribution in [0.5, 0.6) is 0 Å². The molecule has 0 heterocycles. The van der Waals surface area contributed by atoms with Gasteiger partial charge in [-0.05, 0) is 91.8 Å². The quantitative estimate of drug-likeness (QED) is 0.701. The van der Waals surface area contributed by atoms with Gasteiger partial charge in [-0.3, -0.25) is 0 Å². The fraction of sp³-hybridized carbons (Fsp3) is 0.955. The summed E-state index contributed by atoms with van der Waals surface area (Å²) in [6, 6.07) is 2.73. The van der Waals surface area contributed by atoms with Crippen LogP contribution in [0.15, 0.2) is 0 Å². The first kappa shape index (κ1) is 16.6. The first-order valence-electron chi connectivity index (χ1n) is 10.6. The Kier molecular flexibility index (Phi) is 3.33. The van der Waals surface area contributed by atoms with E-state index in [-0.39, 0.29) is 22.9 Å². The van der Waals surface area contributed by atoms with Crippen molar-refractivity contribution >= 4 is 0 Å². The van der Waals surface area contributed by atoms with E-state index in [2.05, 4.69) is 19.9 Å². The number of nitriles is 1. The SMILES string of the molecule is C[C@]12CC[C@H]3[C@@H](CC[C@]4(O)C[C@@H](O)CC[C@]34C)[C@@H]1[C@@H]1CC[C@@H]1[C@@H]2C#N. The highest BCUT2D eigenvalue weighted by Gasteiger charge is 2.69. The molecule has 0 aromatic rings. The largest absolute Gasteiger partial charge is 0.393 e. The Hall–Kier alpha value is -0.590. The molecule has 0 spiro atoms. The predicted octanol–water partition coefficient (Wildman–Crippen LogP) is 3.89. The maximum atomic E-state index is 11.5. The van der Waals surface area contributed by atoms with Crippen LogP contribution >= 0.6 is 0 Å². The van der Waals surface area contributed by atoms with E-state index in [0.717, 1.165) is 38.0 Å². The molecule has 0 aromatic heterocycles. The van der Waals surface area contributed by atoms with E-state index >= 15 is 0 Å². The van der Waals surface area contributed by atoms with Crippen LogP contribution in [0.4, 0.5) is 0 Å². The molecule has 5 rings (SSSR count). The van der Waals surface area contributed by atoms with E-state index < -0.39 is 5.60 Å². The zero-order valence-electron chi connectivity index (χ0n) is 15.7. The van der Waals surface area contributed by atoms with E-state index in [0.29, 0.717) is 30.1 Å². The van der Waals surface area contributed by atoms with Crippen molar-refractivity contribution in [3.8, 4) is 6.07 Å². The van der Waals surface area contributed by atoms with Crippen molar-refractivity contribution in [1.29, 1.82) is 5.26 Å². The fourth-order valence-electron chi connectivity index (χ4n) is 8.82. The molecule has 138 valence electrons. The van der Waals surface area contributed by atoms with Gasteiger partial charge in [0.15, 0.2) is 0 Å². The molecule has 2 N–H and O–H groups in total. The molecule has 3 nitrogen and oxygen atoms in total. The minimum absolute atomic E-state index is 0.0412. The maximum absolute atomic E-state index is 11.5. The van der Waals surface area contributed by atoms with E-state index in [1.54, 1.807) is 0 Å². The Morgan fingerprint density at radius 1 is 0.920 bits per heavy atom. The van der Waals surface area contributed by atoms with Crippen LogP contribution in [0.2, 0.25) is 0 Å². The molecule has 0 unspecified atom stereocenters. The molecular weight excluding hydrogens is 310 g/mol. The number of rotatable bonds is 0. The summed E-state index contributed by atoms with van der Waals surface area (Å²) in [4.78, 5) is 0. The summed E-state index contributed by atoms with van der Waals surface area (Å²) in [5.41, 5.74) is -0.506. The van der Waals surface area contributed by atoms with Gasteiger partial charge in [0, 0.05) is 6.42 Å². The topological polar surface area (TPSA) is 64.2 Å². The standard InChI is InChI=1S/C22H33NO2/c1-20-8-7-17-16(19(20)15-4-3-14(15)18(20)12-23)6-10-22(25)11-13(24)5-9-21(17,22)2/h13-19,24-25H,3-11H2,1-2H3/t13-,14-,15+,16+,17-,18-,19-,20+,21+,22-/m0/s1. The molecule has 5 saturated carbocycles. The molecule has 5 aliphatic carbocycles. The predicted molar refractivity (Wildman–Crippen MR) is 95.3 cm³/mol. The third-order valence-corrected chi connectivity index (χ3v) is 10.2. The van der Waals surface area contributed by atoms with Crippen LogP contribution in [0, 0.1) is 57.7 Å². The summed E-state index contributed by atoms with van der Waals surface area (Å²) in [6.07, 6.45) is 8.93. The second-order valence-electron chi connectivity index (χ2n) is 10.7. The van der Waals surface area contributed by atoms with Crippen LogP contribution in [0.1, 0.15) is 71.6 Å². The number of aliphatic hydroxyl groups is 2. The molecule has 0 bridgehead atoms. The third-order valence-electron chi connectivity index (χ3n) is 10.2. The highest BCUT2D eigenvalue weighted by molar-refractivity contribution is 5.21. The Morgan fingerprint density at radius 2 is 1.68 bits per heavy atom. The number of nitrogens with zero attached hydrogens (tertiary/aromatic N) is 1. The van der Waals surface area contributed by atoms with Crippen molar-refractivity contribution in [2.24, 2.45) is 46.3 Å². The van der Waals surface area contributed by atoms with Crippen LogP contribution in [0.3, 0.4) is 0 Å². The van der Waals surface area contributed by atoms with Crippen molar-refractivity contribution < 1.29 is 10.2 Å². The van der Waals surface area contributed by atoms with Gasteiger partial charge in [0.2, 0.25) is 0 Å². The van der Waals surface area contributed by atoms with Crippen molar-refractivity contribution in [1.82, 2.24) is 0 Å².